The average Bonchev–Trinajstić information content (AvgIpc) is 3.07. The maximum Gasteiger partial charge on any atom is 0.344 e. The summed E-state index contributed by atoms with van der Waals surface area (Å²) in [5.74, 6) is -0.657. The van der Waals surface area contributed by atoms with E-state index in [0.29, 0.717) is 15.6 Å². The molecule has 0 radical (unpaired) electrons. The predicted octanol–water partition coefficient (Wildman–Crippen LogP) is 4.84. The second kappa shape index (κ2) is 7.88. The van der Waals surface area contributed by atoms with Crippen molar-refractivity contribution in [1.82, 2.24) is 4.57 Å². The Kier molecular flexibility index (Phi) is 5.56. The third-order valence-corrected chi connectivity index (χ3v) is 5.48. The van der Waals surface area contributed by atoms with E-state index in [0.717, 1.165) is 17.0 Å². The Morgan fingerprint density at radius 3 is 2.59 bits per heavy atom. The molecule has 1 aromatic heterocycles. The second-order valence-corrected chi connectivity index (χ2v) is 7.22. The summed E-state index contributed by atoms with van der Waals surface area (Å²) in [5, 5.41) is 11.2. The summed E-state index contributed by atoms with van der Waals surface area (Å²) in [7, 11) is 2.00. The fraction of sp³-hybridized carbons (Fsp3) is 0.238. The standard InChI is InChI=1S/C21H22N2O3S/c1-5-26-21(25)18-19(24)17(12-15-11-13(2)23(4)14(15)3)27-20(18)22-16-9-7-6-8-10-16/h6-12,24H,5H2,1-4H3/b17-12-,22-20?. The number of ether oxygens (including phenoxy) is 1. The number of rotatable bonds is 4. The highest BCUT2D eigenvalue weighted by molar-refractivity contribution is 8.18. The first-order valence-corrected chi connectivity index (χ1v) is 9.51. The van der Waals surface area contributed by atoms with Gasteiger partial charge in [0, 0.05) is 18.4 Å². The molecule has 0 spiro atoms. The number of carbonyl (C=O) groups excluding carboxylic acids is 1. The van der Waals surface area contributed by atoms with Crippen LogP contribution in [0.5, 0.6) is 0 Å². The van der Waals surface area contributed by atoms with Crippen molar-refractivity contribution in [3.8, 4) is 0 Å². The number of hydrogen-bond donors (Lipinski definition) is 1. The molecule has 0 bridgehead atoms. The van der Waals surface area contributed by atoms with E-state index in [1.54, 1.807) is 6.92 Å². The van der Waals surface area contributed by atoms with Crippen molar-refractivity contribution in [1.29, 1.82) is 0 Å². The molecule has 0 amide bonds. The minimum absolute atomic E-state index is 0.0889. The lowest BCUT2D eigenvalue weighted by atomic mass is 10.2. The summed E-state index contributed by atoms with van der Waals surface area (Å²) in [4.78, 5) is 17.5. The topological polar surface area (TPSA) is 63.8 Å². The Hall–Kier alpha value is -2.73. The third kappa shape index (κ3) is 3.85. The van der Waals surface area contributed by atoms with Gasteiger partial charge in [-0.3, -0.25) is 0 Å². The van der Waals surface area contributed by atoms with E-state index >= 15 is 0 Å². The van der Waals surface area contributed by atoms with Gasteiger partial charge in [0.05, 0.1) is 17.2 Å². The highest BCUT2D eigenvalue weighted by Crippen LogP contribution is 2.40. The molecule has 27 heavy (non-hydrogen) atoms. The number of benzene rings is 1. The van der Waals surface area contributed by atoms with Crippen molar-refractivity contribution >= 4 is 34.5 Å². The molecule has 1 aromatic carbocycles. The minimum atomic E-state index is -0.568. The van der Waals surface area contributed by atoms with E-state index in [1.165, 1.54) is 11.8 Å². The van der Waals surface area contributed by atoms with Crippen molar-refractivity contribution in [2.45, 2.75) is 20.8 Å². The van der Waals surface area contributed by atoms with Gasteiger partial charge in [0.25, 0.3) is 0 Å². The number of hydrogen-bond acceptors (Lipinski definition) is 5. The largest absolute Gasteiger partial charge is 0.506 e. The van der Waals surface area contributed by atoms with E-state index in [9.17, 15) is 9.90 Å². The quantitative estimate of drug-likeness (QED) is 0.769. The molecule has 6 heteroatoms. The molecule has 1 aliphatic heterocycles. The van der Waals surface area contributed by atoms with Gasteiger partial charge in [0.1, 0.15) is 16.4 Å². The molecule has 3 rings (SSSR count). The van der Waals surface area contributed by atoms with Crippen LogP contribution in [0.3, 0.4) is 0 Å². The zero-order valence-electron chi connectivity index (χ0n) is 15.8. The first kappa shape index (κ1) is 19.0. The zero-order chi connectivity index (χ0) is 19.6. The Bertz CT molecular complexity index is 969. The number of esters is 1. The molecule has 2 aromatic rings. The molecule has 0 atom stereocenters. The summed E-state index contributed by atoms with van der Waals surface area (Å²) < 4.78 is 7.21. The van der Waals surface area contributed by atoms with Crippen LogP contribution >= 0.6 is 11.8 Å². The minimum Gasteiger partial charge on any atom is -0.506 e. The molecule has 0 fully saturated rings. The number of para-hydroxylation sites is 1. The first-order chi connectivity index (χ1) is 12.9. The van der Waals surface area contributed by atoms with Crippen LogP contribution < -0.4 is 0 Å². The molecule has 0 aliphatic carbocycles. The molecule has 140 valence electrons. The van der Waals surface area contributed by atoms with Gasteiger partial charge in [-0.25, -0.2) is 9.79 Å². The van der Waals surface area contributed by atoms with Crippen molar-refractivity contribution in [2.24, 2.45) is 12.0 Å². The van der Waals surface area contributed by atoms with E-state index in [2.05, 4.69) is 9.56 Å². The Balaban J connectivity index is 2.07. The van der Waals surface area contributed by atoms with Crippen LogP contribution in [0.4, 0.5) is 5.69 Å². The SMILES string of the molecule is CCOC(=O)C1=C(O)/C(=C/c2cc(C)n(C)c2C)SC1=Nc1ccccc1. The molecule has 0 saturated heterocycles. The number of aliphatic hydroxyl groups is 1. The van der Waals surface area contributed by atoms with E-state index < -0.39 is 5.97 Å². The lowest BCUT2D eigenvalue weighted by molar-refractivity contribution is -0.138. The molecular formula is C21H22N2O3S. The summed E-state index contributed by atoms with van der Waals surface area (Å²) in [6.45, 7) is 6.01. The maximum atomic E-state index is 12.4. The number of aliphatic imine (C=N–C) groups is 1. The Labute approximate surface area is 163 Å². The lowest BCUT2D eigenvalue weighted by Gasteiger charge is -2.03. The van der Waals surface area contributed by atoms with Gasteiger partial charge < -0.3 is 14.4 Å². The van der Waals surface area contributed by atoms with Crippen LogP contribution in [0.1, 0.15) is 23.9 Å². The molecule has 1 N–H and O–H groups in total. The third-order valence-electron chi connectivity index (χ3n) is 4.46. The van der Waals surface area contributed by atoms with Gasteiger partial charge in [0.15, 0.2) is 0 Å². The van der Waals surface area contributed by atoms with Gasteiger partial charge in [-0.15, -0.1) is 0 Å². The number of nitrogens with zero attached hydrogens (tertiary/aromatic N) is 2. The number of aliphatic hydroxyl groups excluding tert-OH is 1. The van der Waals surface area contributed by atoms with Crippen LogP contribution in [-0.4, -0.2) is 27.3 Å². The fourth-order valence-electron chi connectivity index (χ4n) is 2.78. The summed E-state index contributed by atoms with van der Waals surface area (Å²) in [6.07, 6.45) is 1.88. The molecule has 2 heterocycles. The summed E-state index contributed by atoms with van der Waals surface area (Å²) in [6, 6.07) is 11.4. The molecule has 0 unspecified atom stereocenters. The Morgan fingerprint density at radius 2 is 2.00 bits per heavy atom. The molecule has 0 saturated carbocycles. The van der Waals surface area contributed by atoms with Crippen LogP contribution in [0.15, 0.2) is 57.6 Å². The van der Waals surface area contributed by atoms with Crippen molar-refractivity contribution < 1.29 is 14.6 Å². The maximum absolute atomic E-state index is 12.4. The predicted molar refractivity (Wildman–Crippen MR) is 110 cm³/mol. The lowest BCUT2D eigenvalue weighted by Crippen LogP contribution is -2.12. The Morgan fingerprint density at radius 1 is 1.30 bits per heavy atom. The van der Waals surface area contributed by atoms with Crippen LogP contribution in [0.25, 0.3) is 6.08 Å². The second-order valence-electron chi connectivity index (χ2n) is 6.19. The molecular weight excluding hydrogens is 360 g/mol. The monoisotopic (exact) mass is 382 g/mol. The first-order valence-electron chi connectivity index (χ1n) is 8.69. The normalized spacial score (nSPS) is 17.2. The van der Waals surface area contributed by atoms with Gasteiger partial charge in [-0.05, 0) is 50.6 Å². The highest BCUT2D eigenvalue weighted by Gasteiger charge is 2.33. The van der Waals surface area contributed by atoms with Gasteiger partial charge in [-0.1, -0.05) is 30.0 Å². The van der Waals surface area contributed by atoms with Crippen LogP contribution in [0.2, 0.25) is 0 Å². The average molecular weight is 382 g/mol. The number of aryl methyl sites for hydroxylation is 1. The van der Waals surface area contributed by atoms with Crippen LogP contribution in [-0.2, 0) is 16.6 Å². The van der Waals surface area contributed by atoms with Crippen LogP contribution in [0, 0.1) is 13.8 Å². The van der Waals surface area contributed by atoms with E-state index in [-0.39, 0.29) is 17.9 Å². The van der Waals surface area contributed by atoms with Crippen molar-refractivity contribution in [2.75, 3.05) is 6.61 Å². The fourth-order valence-corrected chi connectivity index (χ4v) is 3.81. The zero-order valence-corrected chi connectivity index (χ0v) is 16.6. The van der Waals surface area contributed by atoms with Gasteiger partial charge >= 0.3 is 5.97 Å². The number of thioether (sulfide) groups is 1. The molecule has 1 aliphatic rings. The summed E-state index contributed by atoms with van der Waals surface area (Å²) >= 11 is 1.27. The smallest absolute Gasteiger partial charge is 0.344 e. The van der Waals surface area contributed by atoms with Gasteiger partial charge in [-0.2, -0.15) is 0 Å². The number of carbonyl (C=O) groups is 1. The van der Waals surface area contributed by atoms with Crippen molar-refractivity contribution in [3.05, 3.63) is 69.6 Å². The van der Waals surface area contributed by atoms with Crippen molar-refractivity contribution in [3.63, 3.8) is 0 Å². The highest BCUT2D eigenvalue weighted by atomic mass is 32.2. The number of aromatic nitrogens is 1. The molecule has 5 nitrogen and oxygen atoms in total. The van der Waals surface area contributed by atoms with Gasteiger partial charge in [0.2, 0.25) is 0 Å². The van der Waals surface area contributed by atoms with E-state index in [4.69, 9.17) is 4.74 Å². The summed E-state index contributed by atoms with van der Waals surface area (Å²) in [5.41, 5.74) is 4.02. The van der Waals surface area contributed by atoms with E-state index in [1.807, 2.05) is 63.4 Å².